The van der Waals surface area contributed by atoms with E-state index in [1.54, 1.807) is 18.2 Å². The first-order valence-corrected chi connectivity index (χ1v) is 9.05. The third-order valence-electron chi connectivity index (χ3n) is 5.45. The summed E-state index contributed by atoms with van der Waals surface area (Å²) in [6.45, 7) is 1.88. The summed E-state index contributed by atoms with van der Waals surface area (Å²) in [4.78, 5) is 12.7. The molecule has 2 aliphatic carbocycles. The monoisotopic (exact) mass is 370 g/mol. The van der Waals surface area contributed by atoms with Gasteiger partial charge in [-0.1, -0.05) is 25.5 Å². The van der Waals surface area contributed by atoms with Crippen molar-refractivity contribution in [3.63, 3.8) is 0 Å². The van der Waals surface area contributed by atoms with Gasteiger partial charge in [0.05, 0.1) is 0 Å². The second-order valence-corrected chi connectivity index (χ2v) is 7.16. The Morgan fingerprint density at radius 2 is 1.96 bits per heavy atom. The number of carbonyl (C=O) groups is 1. The molecule has 0 heterocycles. The maximum Gasteiger partial charge on any atom is 0.261 e. The molecule has 3 atom stereocenters. The molecule has 4 nitrogen and oxygen atoms in total. The molecule has 0 aromatic heterocycles. The van der Waals surface area contributed by atoms with Gasteiger partial charge in [-0.3, -0.25) is 4.79 Å². The number of carbonyl (C=O) groups excluding carboxylic acids is 1. The highest BCUT2D eigenvalue weighted by Crippen LogP contribution is 2.39. The molecule has 3 N–H and O–H groups in total. The van der Waals surface area contributed by atoms with E-state index >= 15 is 0 Å². The fourth-order valence-electron chi connectivity index (χ4n) is 4.30. The predicted molar refractivity (Wildman–Crippen MR) is 98.3 cm³/mol. The Hall–Kier alpha value is -1.33. The van der Waals surface area contributed by atoms with Gasteiger partial charge in [0.15, 0.2) is 17.7 Å². The van der Waals surface area contributed by atoms with Crippen LogP contribution in [0.5, 0.6) is 5.75 Å². The third-order valence-corrected chi connectivity index (χ3v) is 5.45. The van der Waals surface area contributed by atoms with E-state index in [1.807, 2.05) is 6.92 Å². The Balaban J connectivity index is 0.00000225. The highest BCUT2D eigenvalue weighted by atomic mass is 35.5. The second kappa shape index (κ2) is 8.86. The van der Waals surface area contributed by atoms with Gasteiger partial charge in [0.2, 0.25) is 0 Å². The van der Waals surface area contributed by atoms with Gasteiger partial charge in [-0.15, -0.1) is 12.4 Å². The van der Waals surface area contributed by atoms with Crippen LogP contribution in [-0.4, -0.2) is 24.1 Å². The van der Waals surface area contributed by atoms with Gasteiger partial charge in [-0.05, 0) is 56.1 Å². The number of benzene rings is 1. The molecule has 0 spiro atoms. The minimum absolute atomic E-state index is 0. The zero-order chi connectivity index (χ0) is 17.1. The van der Waals surface area contributed by atoms with Crippen LogP contribution >= 0.6 is 12.4 Å². The van der Waals surface area contributed by atoms with Gasteiger partial charge in [-0.25, -0.2) is 4.39 Å². The summed E-state index contributed by atoms with van der Waals surface area (Å²) in [7, 11) is 0. The first-order valence-electron chi connectivity index (χ1n) is 9.05. The van der Waals surface area contributed by atoms with Crippen LogP contribution < -0.4 is 15.8 Å². The Labute approximate surface area is 155 Å². The zero-order valence-electron chi connectivity index (χ0n) is 14.6. The van der Waals surface area contributed by atoms with Gasteiger partial charge in [0.25, 0.3) is 5.91 Å². The van der Waals surface area contributed by atoms with Crippen molar-refractivity contribution in [1.29, 1.82) is 0 Å². The van der Waals surface area contributed by atoms with E-state index in [0.29, 0.717) is 18.3 Å². The highest BCUT2D eigenvalue weighted by molar-refractivity contribution is 5.85. The Morgan fingerprint density at radius 3 is 2.56 bits per heavy atom. The van der Waals surface area contributed by atoms with Crippen LogP contribution in [0.2, 0.25) is 0 Å². The Kier molecular flexibility index (Phi) is 7.08. The number of hydrogen-bond donors (Lipinski definition) is 2. The smallest absolute Gasteiger partial charge is 0.261 e. The van der Waals surface area contributed by atoms with E-state index in [4.69, 9.17) is 10.5 Å². The van der Waals surface area contributed by atoms with E-state index in [9.17, 15) is 9.18 Å². The van der Waals surface area contributed by atoms with Gasteiger partial charge in [0, 0.05) is 12.1 Å². The normalized spacial score (nSPS) is 29.2. The lowest BCUT2D eigenvalue weighted by molar-refractivity contribution is -0.130. The number of hydrogen-bond acceptors (Lipinski definition) is 3. The zero-order valence-corrected chi connectivity index (χ0v) is 15.4. The number of para-hydroxylation sites is 1. The van der Waals surface area contributed by atoms with E-state index in [1.165, 1.54) is 12.5 Å². The average Bonchev–Trinajstić information content (AvgIpc) is 2.55. The molecule has 0 saturated heterocycles. The summed E-state index contributed by atoms with van der Waals surface area (Å²) in [6.07, 6.45) is 5.26. The SMILES string of the molecule is CCC(Oc1ccccc1F)C(=O)NC1C2CCCC1CC(N)C2.Cl. The van der Waals surface area contributed by atoms with Crippen molar-refractivity contribution >= 4 is 18.3 Å². The molecule has 3 rings (SSSR count). The molecule has 3 unspecified atom stereocenters. The Morgan fingerprint density at radius 1 is 1.32 bits per heavy atom. The minimum Gasteiger partial charge on any atom is -0.478 e. The van der Waals surface area contributed by atoms with Gasteiger partial charge in [0.1, 0.15) is 0 Å². The van der Waals surface area contributed by atoms with Gasteiger partial charge in [-0.2, -0.15) is 0 Å². The average molecular weight is 371 g/mol. The van der Waals surface area contributed by atoms with Gasteiger partial charge < -0.3 is 15.8 Å². The van der Waals surface area contributed by atoms with Crippen molar-refractivity contribution in [2.75, 3.05) is 0 Å². The molecule has 2 bridgehead atoms. The number of ether oxygens (including phenoxy) is 1. The van der Waals surface area contributed by atoms with Crippen molar-refractivity contribution in [3.8, 4) is 5.75 Å². The number of fused-ring (bicyclic) bond motifs is 2. The molecule has 2 aliphatic rings. The number of nitrogens with one attached hydrogen (secondary N) is 1. The molecular weight excluding hydrogens is 343 g/mol. The Bertz CT molecular complexity index is 572. The second-order valence-electron chi connectivity index (χ2n) is 7.16. The molecule has 1 aromatic carbocycles. The fourth-order valence-corrected chi connectivity index (χ4v) is 4.30. The topological polar surface area (TPSA) is 64.3 Å². The maximum atomic E-state index is 13.8. The molecule has 2 fully saturated rings. The standard InChI is InChI=1S/C19H27FN2O2.ClH/c1-2-16(24-17-9-4-3-8-15(17)20)19(23)22-18-12-6-5-7-13(18)11-14(21)10-12;/h3-4,8-9,12-14,16,18H,2,5-7,10-11,21H2,1H3,(H,22,23);1H. The maximum absolute atomic E-state index is 13.8. The van der Waals surface area contributed by atoms with Crippen molar-refractivity contribution < 1.29 is 13.9 Å². The summed E-state index contributed by atoms with van der Waals surface area (Å²) in [5.74, 6) is 0.470. The predicted octanol–water partition coefficient (Wildman–Crippen LogP) is 3.43. The molecule has 140 valence electrons. The molecule has 2 saturated carbocycles. The van der Waals surface area contributed by atoms with Crippen LogP contribution in [0.1, 0.15) is 45.4 Å². The molecule has 25 heavy (non-hydrogen) atoms. The molecule has 1 amide bonds. The summed E-state index contributed by atoms with van der Waals surface area (Å²) >= 11 is 0. The van der Waals surface area contributed by atoms with Crippen molar-refractivity contribution in [3.05, 3.63) is 30.1 Å². The van der Waals surface area contributed by atoms with Crippen molar-refractivity contribution in [2.24, 2.45) is 17.6 Å². The summed E-state index contributed by atoms with van der Waals surface area (Å²) in [5.41, 5.74) is 6.14. The number of amides is 1. The van der Waals surface area contributed by atoms with Gasteiger partial charge >= 0.3 is 0 Å². The van der Waals surface area contributed by atoms with Crippen LogP contribution in [-0.2, 0) is 4.79 Å². The first-order chi connectivity index (χ1) is 11.6. The first kappa shape index (κ1) is 20.0. The van der Waals surface area contributed by atoms with Crippen LogP contribution in [0.3, 0.4) is 0 Å². The molecular formula is C19H28ClFN2O2. The minimum atomic E-state index is -0.668. The van der Waals surface area contributed by atoms with E-state index in [0.717, 1.165) is 25.7 Å². The van der Waals surface area contributed by atoms with Crippen LogP contribution in [0.25, 0.3) is 0 Å². The number of halogens is 2. The summed E-state index contributed by atoms with van der Waals surface area (Å²) in [5, 5.41) is 3.19. The van der Waals surface area contributed by atoms with Crippen LogP contribution in [0.4, 0.5) is 4.39 Å². The number of nitrogens with two attached hydrogens (primary N) is 1. The molecule has 0 aliphatic heterocycles. The largest absolute Gasteiger partial charge is 0.478 e. The lowest BCUT2D eigenvalue weighted by Gasteiger charge is -2.45. The van der Waals surface area contributed by atoms with Crippen molar-refractivity contribution in [1.82, 2.24) is 5.32 Å². The third kappa shape index (κ3) is 4.64. The fraction of sp³-hybridized carbons (Fsp3) is 0.632. The summed E-state index contributed by atoms with van der Waals surface area (Å²) < 4.78 is 19.4. The summed E-state index contributed by atoms with van der Waals surface area (Å²) in [6, 6.07) is 6.65. The lowest BCUT2D eigenvalue weighted by Crippen LogP contribution is -2.56. The quantitative estimate of drug-likeness (QED) is 0.834. The van der Waals surface area contributed by atoms with E-state index < -0.39 is 11.9 Å². The molecule has 0 radical (unpaired) electrons. The number of rotatable bonds is 5. The van der Waals surface area contributed by atoms with E-state index in [2.05, 4.69) is 5.32 Å². The highest BCUT2D eigenvalue weighted by Gasteiger charge is 2.40. The molecule has 1 aromatic rings. The lowest BCUT2D eigenvalue weighted by atomic mass is 9.67. The van der Waals surface area contributed by atoms with Crippen LogP contribution in [0.15, 0.2) is 24.3 Å². The van der Waals surface area contributed by atoms with Crippen LogP contribution in [0, 0.1) is 17.7 Å². The van der Waals surface area contributed by atoms with E-state index in [-0.39, 0.29) is 36.1 Å². The van der Waals surface area contributed by atoms with Crippen molar-refractivity contribution in [2.45, 2.75) is 63.6 Å². The molecule has 6 heteroatoms.